The van der Waals surface area contributed by atoms with Crippen molar-refractivity contribution in [1.29, 1.82) is 0 Å². The number of hydrogen-bond donors (Lipinski definition) is 0. The van der Waals surface area contributed by atoms with Gasteiger partial charge in [-0.25, -0.2) is 0 Å². The molecule has 0 fully saturated rings. The van der Waals surface area contributed by atoms with Crippen LogP contribution in [0, 0.1) is 6.92 Å². The number of hydrogen-bond acceptors (Lipinski definition) is 2. The molecule has 0 spiro atoms. The molecule has 1 aromatic carbocycles. The zero-order chi connectivity index (χ0) is 14.1. The molecule has 0 bridgehead atoms. The van der Waals surface area contributed by atoms with Gasteiger partial charge in [-0.15, -0.1) is 0 Å². The number of halogens is 1. The van der Waals surface area contributed by atoms with E-state index in [4.69, 9.17) is 0 Å². The third kappa shape index (κ3) is 2.49. The Morgan fingerprint density at radius 3 is 2.80 bits per heavy atom. The summed E-state index contributed by atoms with van der Waals surface area (Å²) in [5.41, 5.74) is 5.17. The molecule has 1 aromatic heterocycles. The van der Waals surface area contributed by atoms with Crippen molar-refractivity contribution in [2.45, 2.75) is 32.7 Å². The number of aryl methyl sites for hydroxylation is 3. The van der Waals surface area contributed by atoms with Gasteiger partial charge in [0.25, 0.3) is 0 Å². The van der Waals surface area contributed by atoms with Crippen LogP contribution in [0.15, 0.2) is 28.7 Å². The van der Waals surface area contributed by atoms with Gasteiger partial charge in [-0.3, -0.25) is 4.68 Å². The molecule has 0 amide bonds. The SMILES string of the molecule is Cc1nn(C)c(CN2CCCCc3ccccc32)c1Br. The summed E-state index contributed by atoms with van der Waals surface area (Å²) in [4.78, 5) is 2.49. The van der Waals surface area contributed by atoms with E-state index in [9.17, 15) is 0 Å². The van der Waals surface area contributed by atoms with E-state index < -0.39 is 0 Å². The summed E-state index contributed by atoms with van der Waals surface area (Å²) in [5, 5.41) is 4.50. The predicted octanol–water partition coefficient (Wildman–Crippen LogP) is 3.83. The predicted molar refractivity (Wildman–Crippen MR) is 86.1 cm³/mol. The zero-order valence-electron chi connectivity index (χ0n) is 12.1. The van der Waals surface area contributed by atoms with Crippen LogP contribution in [-0.4, -0.2) is 16.3 Å². The lowest BCUT2D eigenvalue weighted by atomic mass is 10.1. The first kappa shape index (κ1) is 13.7. The van der Waals surface area contributed by atoms with E-state index in [2.05, 4.69) is 50.2 Å². The second-order valence-electron chi connectivity index (χ2n) is 5.48. The molecule has 2 aromatic rings. The molecule has 106 valence electrons. The van der Waals surface area contributed by atoms with Crippen LogP contribution < -0.4 is 4.90 Å². The van der Waals surface area contributed by atoms with Crippen LogP contribution in [0.1, 0.15) is 29.8 Å². The van der Waals surface area contributed by atoms with E-state index in [1.807, 2.05) is 18.7 Å². The molecule has 3 nitrogen and oxygen atoms in total. The minimum atomic E-state index is 0.912. The standard InChI is InChI=1S/C16H20BrN3/c1-12-16(17)15(19(2)18-12)11-20-10-6-5-8-13-7-3-4-9-14(13)20/h3-4,7,9H,5-6,8,10-11H2,1-2H3. The lowest BCUT2D eigenvalue weighted by Crippen LogP contribution is -2.25. The molecule has 0 unspecified atom stereocenters. The van der Waals surface area contributed by atoms with Crippen LogP contribution in [0.25, 0.3) is 0 Å². The van der Waals surface area contributed by atoms with E-state index >= 15 is 0 Å². The number of para-hydroxylation sites is 1. The van der Waals surface area contributed by atoms with Gasteiger partial charge in [-0.1, -0.05) is 18.2 Å². The lowest BCUT2D eigenvalue weighted by Gasteiger charge is -2.25. The van der Waals surface area contributed by atoms with Crippen molar-refractivity contribution in [2.24, 2.45) is 7.05 Å². The number of aromatic nitrogens is 2. The van der Waals surface area contributed by atoms with E-state index in [-0.39, 0.29) is 0 Å². The van der Waals surface area contributed by atoms with Crippen molar-refractivity contribution in [2.75, 3.05) is 11.4 Å². The lowest BCUT2D eigenvalue weighted by molar-refractivity contribution is 0.659. The second kappa shape index (κ2) is 5.60. The van der Waals surface area contributed by atoms with E-state index in [0.717, 1.165) is 23.3 Å². The topological polar surface area (TPSA) is 21.1 Å². The van der Waals surface area contributed by atoms with Crippen molar-refractivity contribution in [3.63, 3.8) is 0 Å². The minimum absolute atomic E-state index is 0.912. The number of nitrogens with zero attached hydrogens (tertiary/aromatic N) is 3. The number of rotatable bonds is 2. The van der Waals surface area contributed by atoms with Crippen LogP contribution in [0.3, 0.4) is 0 Å². The van der Waals surface area contributed by atoms with Crippen molar-refractivity contribution in [1.82, 2.24) is 9.78 Å². The van der Waals surface area contributed by atoms with Gasteiger partial charge in [0.15, 0.2) is 0 Å². The highest BCUT2D eigenvalue weighted by molar-refractivity contribution is 9.10. The fraction of sp³-hybridized carbons (Fsp3) is 0.438. The monoisotopic (exact) mass is 333 g/mol. The average molecular weight is 334 g/mol. The van der Waals surface area contributed by atoms with E-state index in [1.54, 1.807) is 0 Å². The molecule has 4 heteroatoms. The van der Waals surface area contributed by atoms with Crippen LogP contribution in [0.4, 0.5) is 5.69 Å². The number of fused-ring (bicyclic) bond motifs is 1. The summed E-state index contributed by atoms with van der Waals surface area (Å²) in [5.74, 6) is 0. The molecule has 0 saturated carbocycles. The highest BCUT2D eigenvalue weighted by Crippen LogP contribution is 2.29. The third-order valence-corrected chi connectivity index (χ3v) is 5.09. The first-order chi connectivity index (χ1) is 9.66. The fourth-order valence-corrected chi connectivity index (χ4v) is 3.43. The van der Waals surface area contributed by atoms with Gasteiger partial charge in [0.05, 0.1) is 22.4 Å². The molecule has 3 rings (SSSR count). The van der Waals surface area contributed by atoms with Crippen LogP contribution in [-0.2, 0) is 20.0 Å². The molecule has 20 heavy (non-hydrogen) atoms. The Morgan fingerprint density at radius 2 is 2.05 bits per heavy atom. The summed E-state index contributed by atoms with van der Waals surface area (Å²) in [7, 11) is 2.02. The Hall–Kier alpha value is -1.29. The van der Waals surface area contributed by atoms with Gasteiger partial charge < -0.3 is 4.90 Å². The molecule has 0 radical (unpaired) electrons. The first-order valence-electron chi connectivity index (χ1n) is 7.17. The molecular weight excluding hydrogens is 314 g/mol. The average Bonchev–Trinajstić information content (AvgIpc) is 2.63. The molecule has 1 aliphatic rings. The molecular formula is C16H20BrN3. The molecule has 0 N–H and O–H groups in total. The van der Waals surface area contributed by atoms with Crippen molar-refractivity contribution >= 4 is 21.6 Å². The fourth-order valence-electron chi connectivity index (χ4n) is 2.97. The summed E-state index contributed by atoms with van der Waals surface area (Å²) in [6.07, 6.45) is 3.72. The molecule has 1 aliphatic heterocycles. The van der Waals surface area contributed by atoms with Crippen LogP contribution >= 0.6 is 15.9 Å². The Labute approximate surface area is 128 Å². The minimum Gasteiger partial charge on any atom is -0.365 e. The maximum absolute atomic E-state index is 4.50. The highest BCUT2D eigenvalue weighted by atomic mass is 79.9. The molecule has 0 saturated heterocycles. The van der Waals surface area contributed by atoms with E-state index in [0.29, 0.717) is 0 Å². The maximum atomic E-state index is 4.50. The summed E-state index contributed by atoms with van der Waals surface area (Å²) in [6, 6.07) is 8.79. The van der Waals surface area contributed by atoms with Crippen molar-refractivity contribution < 1.29 is 0 Å². The normalized spacial score (nSPS) is 15.1. The van der Waals surface area contributed by atoms with Gasteiger partial charge in [0.1, 0.15) is 0 Å². The van der Waals surface area contributed by atoms with Crippen LogP contribution in [0.2, 0.25) is 0 Å². The summed E-state index contributed by atoms with van der Waals surface area (Å²) >= 11 is 3.68. The van der Waals surface area contributed by atoms with Crippen molar-refractivity contribution in [3.8, 4) is 0 Å². The Bertz CT molecular complexity index is 618. The second-order valence-corrected chi connectivity index (χ2v) is 6.27. The third-order valence-electron chi connectivity index (χ3n) is 4.06. The summed E-state index contributed by atoms with van der Waals surface area (Å²) in [6.45, 7) is 4.08. The Morgan fingerprint density at radius 1 is 1.25 bits per heavy atom. The number of benzene rings is 1. The van der Waals surface area contributed by atoms with Gasteiger partial charge in [-0.2, -0.15) is 5.10 Å². The Balaban J connectivity index is 1.94. The van der Waals surface area contributed by atoms with Gasteiger partial charge in [0, 0.05) is 19.3 Å². The van der Waals surface area contributed by atoms with Crippen LogP contribution in [0.5, 0.6) is 0 Å². The quantitative estimate of drug-likeness (QED) is 0.832. The summed E-state index contributed by atoms with van der Waals surface area (Å²) < 4.78 is 3.13. The smallest absolute Gasteiger partial charge is 0.0739 e. The maximum Gasteiger partial charge on any atom is 0.0739 e. The van der Waals surface area contributed by atoms with Crippen molar-refractivity contribution in [3.05, 3.63) is 45.7 Å². The molecule has 0 atom stereocenters. The zero-order valence-corrected chi connectivity index (χ0v) is 13.7. The Kier molecular flexibility index (Phi) is 3.83. The van der Waals surface area contributed by atoms with Gasteiger partial charge in [0.2, 0.25) is 0 Å². The first-order valence-corrected chi connectivity index (χ1v) is 7.97. The van der Waals surface area contributed by atoms with Gasteiger partial charge >= 0.3 is 0 Å². The molecule has 0 aliphatic carbocycles. The highest BCUT2D eigenvalue weighted by Gasteiger charge is 2.18. The van der Waals surface area contributed by atoms with Gasteiger partial charge in [-0.05, 0) is 53.7 Å². The van der Waals surface area contributed by atoms with E-state index in [1.165, 1.54) is 36.2 Å². The largest absolute Gasteiger partial charge is 0.365 e. The number of anilines is 1. The molecule has 2 heterocycles.